The molecule has 2 heterocycles. The van der Waals surface area contributed by atoms with E-state index in [1.54, 1.807) is 24.3 Å². The minimum atomic E-state index is -1.07. The van der Waals surface area contributed by atoms with E-state index < -0.39 is 23.9 Å². The van der Waals surface area contributed by atoms with Gasteiger partial charge in [-0.1, -0.05) is 29.8 Å². The van der Waals surface area contributed by atoms with E-state index in [1.165, 1.54) is 12.4 Å². The number of amides is 1. The Bertz CT molecular complexity index is 990. The van der Waals surface area contributed by atoms with Crippen molar-refractivity contribution in [1.29, 1.82) is 0 Å². The third-order valence-corrected chi connectivity index (χ3v) is 4.85. The number of benzene rings is 2. The quantitative estimate of drug-likeness (QED) is 0.653. The van der Waals surface area contributed by atoms with Gasteiger partial charge in [-0.25, -0.2) is 13.8 Å². The van der Waals surface area contributed by atoms with Crippen molar-refractivity contribution in [2.75, 3.05) is 11.9 Å². The van der Waals surface area contributed by atoms with E-state index in [-0.39, 0.29) is 24.2 Å². The van der Waals surface area contributed by atoms with Crippen LogP contribution in [0.4, 0.5) is 14.5 Å². The van der Waals surface area contributed by atoms with Gasteiger partial charge in [0, 0.05) is 24.1 Å². The summed E-state index contributed by atoms with van der Waals surface area (Å²) in [5.74, 6) is -1.07. The number of alkyl halides is 1. The standard InChI is InChI=1S/C18H15ClF2N4O/c19-15-10(4-5-13-17(15)24-8-23-13)11-2-1-3-12(16(11)21)25-18(26)14-6-9(20)7-22-14/h1-5,8-9,14,22H,6-7H2,(H,23,24)(H,25,26)/t9-,14+/m1/s1. The maximum absolute atomic E-state index is 15.0. The third kappa shape index (κ3) is 2.93. The number of carbonyl (C=O) groups is 1. The van der Waals surface area contributed by atoms with Crippen LogP contribution in [0.1, 0.15) is 6.42 Å². The van der Waals surface area contributed by atoms with E-state index in [2.05, 4.69) is 20.6 Å². The number of aromatic nitrogens is 2. The molecule has 134 valence electrons. The number of imidazole rings is 1. The average Bonchev–Trinajstić information content (AvgIpc) is 3.27. The highest BCUT2D eigenvalue weighted by Gasteiger charge is 2.29. The first kappa shape index (κ1) is 16.9. The van der Waals surface area contributed by atoms with Gasteiger partial charge in [0.2, 0.25) is 5.91 Å². The Kier molecular flexibility index (Phi) is 4.34. The summed E-state index contributed by atoms with van der Waals surface area (Å²) in [6.45, 7) is 0.125. The highest BCUT2D eigenvalue weighted by atomic mass is 35.5. The number of carbonyl (C=O) groups excluding carboxylic acids is 1. The minimum absolute atomic E-state index is 0.0230. The fraction of sp³-hybridized carbons (Fsp3) is 0.222. The summed E-state index contributed by atoms with van der Waals surface area (Å²) >= 11 is 6.38. The highest BCUT2D eigenvalue weighted by Crippen LogP contribution is 2.36. The molecule has 8 heteroatoms. The van der Waals surface area contributed by atoms with E-state index in [0.29, 0.717) is 16.1 Å². The molecule has 0 saturated carbocycles. The molecule has 3 aromatic rings. The first-order valence-corrected chi connectivity index (χ1v) is 8.51. The topological polar surface area (TPSA) is 69.8 Å². The lowest BCUT2D eigenvalue weighted by molar-refractivity contribution is -0.117. The van der Waals surface area contributed by atoms with Crippen molar-refractivity contribution in [3.8, 4) is 11.1 Å². The Morgan fingerprint density at radius 1 is 1.27 bits per heavy atom. The predicted molar refractivity (Wildman–Crippen MR) is 96.4 cm³/mol. The minimum Gasteiger partial charge on any atom is -0.345 e. The van der Waals surface area contributed by atoms with Crippen molar-refractivity contribution in [3.05, 3.63) is 47.5 Å². The smallest absolute Gasteiger partial charge is 0.241 e. The average molecular weight is 377 g/mol. The maximum atomic E-state index is 15.0. The van der Waals surface area contributed by atoms with Crippen LogP contribution in [0, 0.1) is 5.82 Å². The lowest BCUT2D eigenvalue weighted by Crippen LogP contribution is -2.35. The van der Waals surface area contributed by atoms with Crippen molar-refractivity contribution in [1.82, 2.24) is 15.3 Å². The normalized spacial score (nSPS) is 19.8. The molecule has 1 fully saturated rings. The van der Waals surface area contributed by atoms with Crippen molar-refractivity contribution in [3.63, 3.8) is 0 Å². The summed E-state index contributed by atoms with van der Waals surface area (Å²) in [5.41, 5.74) is 2.04. The van der Waals surface area contributed by atoms with E-state index >= 15 is 0 Å². The Labute approximate surface area is 152 Å². The molecule has 2 aromatic carbocycles. The van der Waals surface area contributed by atoms with Crippen molar-refractivity contribution < 1.29 is 13.6 Å². The summed E-state index contributed by atoms with van der Waals surface area (Å²) in [5, 5.41) is 5.63. The number of hydrogen-bond acceptors (Lipinski definition) is 3. The molecule has 0 bridgehead atoms. The molecular formula is C18H15ClF2N4O. The summed E-state index contributed by atoms with van der Waals surface area (Å²) in [4.78, 5) is 19.3. The van der Waals surface area contributed by atoms with E-state index in [9.17, 15) is 13.6 Å². The Hall–Kier alpha value is -2.51. The van der Waals surface area contributed by atoms with Gasteiger partial charge in [-0.3, -0.25) is 4.79 Å². The van der Waals surface area contributed by atoms with Crippen LogP contribution in [0.25, 0.3) is 22.2 Å². The third-order valence-electron chi connectivity index (χ3n) is 4.47. The van der Waals surface area contributed by atoms with Gasteiger partial charge < -0.3 is 15.6 Å². The molecule has 0 unspecified atom stereocenters. The van der Waals surface area contributed by atoms with Gasteiger partial charge in [-0.15, -0.1) is 0 Å². The Morgan fingerprint density at radius 2 is 2.12 bits per heavy atom. The molecule has 26 heavy (non-hydrogen) atoms. The van der Waals surface area contributed by atoms with Crippen LogP contribution < -0.4 is 10.6 Å². The second-order valence-electron chi connectivity index (χ2n) is 6.18. The van der Waals surface area contributed by atoms with Crippen LogP contribution in [0.15, 0.2) is 36.7 Å². The molecule has 0 spiro atoms. The predicted octanol–water partition coefficient (Wildman–Crippen LogP) is 3.66. The first-order chi connectivity index (χ1) is 12.5. The molecule has 2 atom stereocenters. The number of fused-ring (bicyclic) bond motifs is 1. The second kappa shape index (κ2) is 6.66. The molecule has 1 aromatic heterocycles. The van der Waals surface area contributed by atoms with Crippen LogP contribution in [0.5, 0.6) is 0 Å². The zero-order valence-corrected chi connectivity index (χ0v) is 14.3. The number of rotatable bonds is 3. The fourth-order valence-corrected chi connectivity index (χ4v) is 3.45. The number of nitrogens with zero attached hydrogens (tertiary/aromatic N) is 1. The van der Waals surface area contributed by atoms with Gasteiger partial charge in [-0.05, 0) is 12.1 Å². The number of H-pyrrole nitrogens is 1. The summed E-state index contributed by atoms with van der Waals surface area (Å²) in [6.07, 6.45) is 0.524. The van der Waals surface area contributed by atoms with Gasteiger partial charge in [0.15, 0.2) is 5.82 Å². The van der Waals surface area contributed by atoms with Crippen LogP contribution >= 0.6 is 11.6 Å². The molecule has 0 aliphatic carbocycles. The second-order valence-corrected chi connectivity index (χ2v) is 6.55. The van der Waals surface area contributed by atoms with Crippen molar-refractivity contribution in [2.45, 2.75) is 18.6 Å². The number of hydrogen-bond donors (Lipinski definition) is 3. The molecule has 1 amide bonds. The number of anilines is 1. The molecule has 1 saturated heterocycles. The maximum Gasteiger partial charge on any atom is 0.241 e. The monoisotopic (exact) mass is 376 g/mol. The van der Waals surface area contributed by atoms with Gasteiger partial charge in [0.05, 0.1) is 28.6 Å². The summed E-state index contributed by atoms with van der Waals surface area (Å²) in [7, 11) is 0. The van der Waals surface area contributed by atoms with Gasteiger partial charge in [0.25, 0.3) is 0 Å². The zero-order chi connectivity index (χ0) is 18.3. The van der Waals surface area contributed by atoms with E-state index in [1.807, 2.05) is 0 Å². The van der Waals surface area contributed by atoms with E-state index in [4.69, 9.17) is 11.6 Å². The SMILES string of the molecule is O=C(Nc1cccc(-c2ccc3[nH]cnc3c2Cl)c1F)[C@@H]1C[C@@H](F)CN1. The molecule has 5 nitrogen and oxygen atoms in total. The molecule has 3 N–H and O–H groups in total. The van der Waals surface area contributed by atoms with Crippen molar-refractivity contribution in [2.24, 2.45) is 0 Å². The van der Waals surface area contributed by atoms with Crippen LogP contribution in [0.3, 0.4) is 0 Å². The molecular weight excluding hydrogens is 362 g/mol. The van der Waals surface area contributed by atoms with Gasteiger partial charge in [-0.2, -0.15) is 0 Å². The molecule has 0 radical (unpaired) electrons. The fourth-order valence-electron chi connectivity index (χ4n) is 3.13. The van der Waals surface area contributed by atoms with Crippen LogP contribution in [-0.2, 0) is 4.79 Å². The van der Waals surface area contributed by atoms with Crippen LogP contribution in [-0.4, -0.2) is 34.6 Å². The Morgan fingerprint density at radius 3 is 2.88 bits per heavy atom. The lowest BCUT2D eigenvalue weighted by Gasteiger charge is -2.14. The first-order valence-electron chi connectivity index (χ1n) is 8.13. The highest BCUT2D eigenvalue weighted by molar-refractivity contribution is 6.37. The van der Waals surface area contributed by atoms with Gasteiger partial charge >= 0.3 is 0 Å². The number of aromatic amines is 1. The lowest BCUT2D eigenvalue weighted by atomic mass is 10.0. The number of nitrogens with one attached hydrogen (secondary N) is 3. The Balaban J connectivity index is 1.67. The summed E-state index contributed by atoms with van der Waals surface area (Å²) < 4.78 is 28.2. The van der Waals surface area contributed by atoms with Crippen LogP contribution in [0.2, 0.25) is 5.02 Å². The van der Waals surface area contributed by atoms with Crippen molar-refractivity contribution >= 4 is 34.2 Å². The van der Waals surface area contributed by atoms with Gasteiger partial charge in [0.1, 0.15) is 11.7 Å². The van der Waals surface area contributed by atoms with E-state index in [0.717, 1.165) is 5.52 Å². The number of halogens is 3. The molecule has 4 rings (SSSR count). The largest absolute Gasteiger partial charge is 0.345 e. The zero-order valence-electron chi connectivity index (χ0n) is 13.5. The molecule has 1 aliphatic rings. The summed E-state index contributed by atoms with van der Waals surface area (Å²) in [6, 6.07) is 7.45. The molecule has 1 aliphatic heterocycles.